The maximum absolute atomic E-state index is 12.5. The Balaban J connectivity index is 1.27. The molecule has 10 heteroatoms. The molecule has 0 aliphatic carbocycles. The number of nitrogens with zero attached hydrogens (tertiary/aromatic N) is 4. The lowest BCUT2D eigenvalue weighted by Crippen LogP contribution is -2.30. The van der Waals surface area contributed by atoms with Gasteiger partial charge in [0.05, 0.1) is 26.9 Å². The van der Waals surface area contributed by atoms with Crippen molar-refractivity contribution in [2.45, 2.75) is 32.6 Å². The molecule has 33 heavy (non-hydrogen) atoms. The number of anilines is 1. The number of pyridine rings is 1. The Morgan fingerprint density at radius 1 is 1.03 bits per heavy atom. The van der Waals surface area contributed by atoms with Crippen molar-refractivity contribution in [2.75, 3.05) is 11.9 Å². The van der Waals surface area contributed by atoms with Gasteiger partial charge in [0.25, 0.3) is 11.8 Å². The zero-order valence-electron chi connectivity index (χ0n) is 17.8. The van der Waals surface area contributed by atoms with E-state index in [1.165, 1.54) is 15.8 Å². The summed E-state index contributed by atoms with van der Waals surface area (Å²) in [6.45, 7) is 2.13. The molecule has 3 heterocycles. The molecule has 1 aromatic carbocycles. The number of fused-ring (bicyclic) bond motifs is 1. The van der Waals surface area contributed by atoms with E-state index in [1.54, 1.807) is 43.3 Å². The van der Waals surface area contributed by atoms with Crippen LogP contribution in [0.1, 0.15) is 52.1 Å². The molecule has 0 atom stereocenters. The van der Waals surface area contributed by atoms with Crippen LogP contribution in [-0.2, 0) is 4.79 Å². The van der Waals surface area contributed by atoms with E-state index in [9.17, 15) is 14.4 Å². The van der Waals surface area contributed by atoms with Crippen LogP contribution < -0.4 is 5.32 Å². The number of imide groups is 1. The molecule has 0 saturated carbocycles. The summed E-state index contributed by atoms with van der Waals surface area (Å²) in [5.74, 6) is 0.130. The van der Waals surface area contributed by atoms with E-state index < -0.39 is 0 Å². The fraction of sp³-hybridized carbons (Fsp3) is 0.261. The Morgan fingerprint density at radius 3 is 2.39 bits per heavy atom. The summed E-state index contributed by atoms with van der Waals surface area (Å²) in [5, 5.41) is 7.91. The van der Waals surface area contributed by atoms with Gasteiger partial charge in [-0.25, -0.2) is 4.98 Å². The summed E-state index contributed by atoms with van der Waals surface area (Å²) in [6, 6.07) is 10.1. The summed E-state index contributed by atoms with van der Waals surface area (Å²) in [5.41, 5.74) is 1.59. The Morgan fingerprint density at radius 2 is 1.73 bits per heavy atom. The third-order valence-electron chi connectivity index (χ3n) is 5.25. The Bertz CT molecular complexity index is 1210. The fourth-order valence-electron chi connectivity index (χ4n) is 3.69. The average Bonchev–Trinajstić information content (AvgIpc) is 3.25. The highest BCUT2D eigenvalue weighted by Gasteiger charge is 2.34. The molecule has 1 N–H and O–H groups in total. The number of amides is 3. The summed E-state index contributed by atoms with van der Waals surface area (Å²) in [4.78, 5) is 42.7. The number of hydrogen-bond acceptors (Lipinski definition) is 5. The van der Waals surface area contributed by atoms with Gasteiger partial charge in [-0.1, -0.05) is 41.8 Å². The van der Waals surface area contributed by atoms with E-state index in [-0.39, 0.29) is 24.1 Å². The third-order valence-corrected chi connectivity index (χ3v) is 5.74. The van der Waals surface area contributed by atoms with E-state index >= 15 is 0 Å². The summed E-state index contributed by atoms with van der Waals surface area (Å²) in [6.07, 6.45) is 3.68. The summed E-state index contributed by atoms with van der Waals surface area (Å²) in [7, 11) is 0. The van der Waals surface area contributed by atoms with Gasteiger partial charge in [0.15, 0.2) is 5.82 Å². The molecular formula is C23H21Cl2N5O3. The first-order valence-electron chi connectivity index (χ1n) is 10.5. The Kier molecular flexibility index (Phi) is 6.76. The van der Waals surface area contributed by atoms with Gasteiger partial charge in [0, 0.05) is 25.2 Å². The third kappa shape index (κ3) is 4.91. The van der Waals surface area contributed by atoms with E-state index in [1.807, 2.05) is 0 Å². The molecule has 0 radical (unpaired) electrons. The number of rotatable bonds is 8. The highest BCUT2D eigenvalue weighted by Crippen LogP contribution is 2.25. The number of halogens is 2. The number of aromatic nitrogens is 3. The predicted octanol–water partition coefficient (Wildman–Crippen LogP) is 4.68. The SMILES string of the molecule is Cc1cc(NC(=O)CCCCCN2C(=O)c3ccccc3C2=O)n(-c2ncc(Cl)cc2Cl)n1. The van der Waals surface area contributed by atoms with Gasteiger partial charge >= 0.3 is 0 Å². The van der Waals surface area contributed by atoms with Gasteiger partial charge in [0.2, 0.25) is 5.91 Å². The molecule has 0 spiro atoms. The van der Waals surface area contributed by atoms with Gasteiger partial charge in [-0.05, 0) is 38.0 Å². The minimum absolute atomic E-state index is 0.179. The standard InChI is InChI=1S/C23H21Cl2N5O3/c1-14-11-19(30(28-14)21-18(25)12-15(24)13-26-21)27-20(31)9-3-2-6-10-29-22(32)16-7-4-5-8-17(16)23(29)33/h4-5,7-8,11-13H,2-3,6,9-10H2,1H3,(H,27,31). The smallest absolute Gasteiger partial charge is 0.261 e. The number of nitrogens with one attached hydrogen (secondary N) is 1. The maximum Gasteiger partial charge on any atom is 0.261 e. The van der Waals surface area contributed by atoms with E-state index in [4.69, 9.17) is 23.2 Å². The van der Waals surface area contributed by atoms with Gasteiger partial charge in [-0.3, -0.25) is 19.3 Å². The molecular weight excluding hydrogens is 465 g/mol. The molecule has 3 aromatic rings. The number of carbonyl (C=O) groups is 3. The summed E-state index contributed by atoms with van der Waals surface area (Å²) >= 11 is 12.1. The van der Waals surface area contributed by atoms with Crippen molar-refractivity contribution in [3.8, 4) is 5.82 Å². The first kappa shape index (κ1) is 22.9. The van der Waals surface area contributed by atoms with E-state index in [0.29, 0.717) is 64.3 Å². The zero-order chi connectivity index (χ0) is 23.5. The number of carbonyl (C=O) groups excluding carboxylic acids is 3. The molecule has 1 aliphatic rings. The quantitative estimate of drug-likeness (QED) is 0.369. The second-order valence-corrected chi connectivity index (χ2v) is 8.55. The monoisotopic (exact) mass is 485 g/mol. The van der Waals surface area contributed by atoms with Crippen LogP contribution >= 0.6 is 23.2 Å². The molecule has 0 bridgehead atoms. The second kappa shape index (κ2) is 9.72. The average molecular weight is 486 g/mol. The second-order valence-electron chi connectivity index (χ2n) is 7.71. The number of aryl methyl sites for hydroxylation is 1. The van der Waals surface area contributed by atoms with Crippen LogP contribution in [0.15, 0.2) is 42.6 Å². The largest absolute Gasteiger partial charge is 0.311 e. The van der Waals surface area contributed by atoms with E-state index in [0.717, 1.165) is 0 Å². The maximum atomic E-state index is 12.5. The van der Waals surface area contributed by atoms with Crippen LogP contribution in [0.25, 0.3) is 5.82 Å². The molecule has 3 amide bonds. The topological polar surface area (TPSA) is 97.2 Å². The van der Waals surface area contributed by atoms with Crippen LogP contribution in [0.3, 0.4) is 0 Å². The van der Waals surface area contributed by atoms with Crippen molar-refractivity contribution in [2.24, 2.45) is 0 Å². The van der Waals surface area contributed by atoms with Crippen LogP contribution in [0.5, 0.6) is 0 Å². The van der Waals surface area contributed by atoms with E-state index in [2.05, 4.69) is 15.4 Å². The summed E-state index contributed by atoms with van der Waals surface area (Å²) < 4.78 is 1.47. The van der Waals surface area contributed by atoms with Crippen molar-refractivity contribution < 1.29 is 14.4 Å². The molecule has 0 unspecified atom stereocenters. The Labute approximate surface area is 200 Å². The first-order chi connectivity index (χ1) is 15.8. The number of unbranched alkanes of at least 4 members (excludes halogenated alkanes) is 2. The zero-order valence-corrected chi connectivity index (χ0v) is 19.4. The van der Waals surface area contributed by atoms with Crippen molar-refractivity contribution in [3.63, 3.8) is 0 Å². The minimum atomic E-state index is -0.258. The van der Waals surface area contributed by atoms with Crippen molar-refractivity contribution in [1.82, 2.24) is 19.7 Å². The molecule has 1 aliphatic heterocycles. The normalized spacial score (nSPS) is 12.9. The molecule has 170 valence electrons. The van der Waals surface area contributed by atoms with Crippen LogP contribution in [0, 0.1) is 6.92 Å². The lowest BCUT2D eigenvalue weighted by Gasteiger charge is -2.13. The minimum Gasteiger partial charge on any atom is -0.311 e. The lowest BCUT2D eigenvalue weighted by molar-refractivity contribution is -0.116. The fourth-order valence-corrected chi connectivity index (χ4v) is 4.15. The molecule has 0 saturated heterocycles. The van der Waals surface area contributed by atoms with Crippen molar-refractivity contribution >= 4 is 46.7 Å². The predicted molar refractivity (Wildman–Crippen MR) is 125 cm³/mol. The van der Waals surface area contributed by atoms with Crippen molar-refractivity contribution in [3.05, 3.63) is 69.5 Å². The molecule has 4 rings (SSSR count). The molecule has 2 aromatic heterocycles. The first-order valence-corrected chi connectivity index (χ1v) is 11.2. The number of benzene rings is 1. The van der Waals surface area contributed by atoms with Gasteiger partial charge in [-0.2, -0.15) is 9.78 Å². The lowest BCUT2D eigenvalue weighted by atomic mass is 10.1. The highest BCUT2D eigenvalue weighted by atomic mass is 35.5. The van der Waals surface area contributed by atoms with Crippen LogP contribution in [0.2, 0.25) is 10.0 Å². The highest BCUT2D eigenvalue weighted by molar-refractivity contribution is 6.35. The van der Waals surface area contributed by atoms with Crippen LogP contribution in [0.4, 0.5) is 5.82 Å². The van der Waals surface area contributed by atoms with Gasteiger partial charge in [-0.15, -0.1) is 0 Å². The van der Waals surface area contributed by atoms with Crippen LogP contribution in [-0.4, -0.2) is 43.9 Å². The van der Waals surface area contributed by atoms with Crippen molar-refractivity contribution in [1.29, 1.82) is 0 Å². The number of hydrogen-bond donors (Lipinski definition) is 1. The van der Waals surface area contributed by atoms with Gasteiger partial charge in [0.1, 0.15) is 5.82 Å². The molecule has 0 fully saturated rings. The Hall–Kier alpha value is -3.23. The molecule has 8 nitrogen and oxygen atoms in total. The van der Waals surface area contributed by atoms with Gasteiger partial charge < -0.3 is 5.32 Å².